The van der Waals surface area contributed by atoms with Crippen LogP contribution in [0.25, 0.3) is 22.4 Å². The minimum atomic E-state index is -6.05. The van der Waals surface area contributed by atoms with Gasteiger partial charge in [-0.15, -0.1) is 11.8 Å². The summed E-state index contributed by atoms with van der Waals surface area (Å²) in [5.74, 6) is -1.25. The van der Waals surface area contributed by atoms with Gasteiger partial charge < -0.3 is 34.8 Å². The van der Waals surface area contributed by atoms with Crippen LogP contribution in [0.2, 0.25) is 5.02 Å². The minimum Gasteiger partial charge on any atom is -0.478 e. The van der Waals surface area contributed by atoms with Crippen LogP contribution >= 0.6 is 23.4 Å². The van der Waals surface area contributed by atoms with E-state index in [0.717, 1.165) is 22.6 Å². The normalized spacial score (nSPS) is 15.7. The first-order chi connectivity index (χ1) is 34.2. The first kappa shape index (κ1) is 52.5. The van der Waals surface area contributed by atoms with Crippen LogP contribution in [0.4, 0.5) is 40.3 Å². The van der Waals surface area contributed by atoms with Gasteiger partial charge in [-0.05, 0) is 116 Å². The maximum atomic E-state index is 15.6. The monoisotopic (exact) mass is 1070 g/mol. The van der Waals surface area contributed by atoms with Crippen molar-refractivity contribution in [3.8, 4) is 22.4 Å². The number of nitrogens with zero attached hydrogens (tertiary/aromatic N) is 4. The summed E-state index contributed by atoms with van der Waals surface area (Å²) in [6.07, 6.45) is 1.19. The molecule has 0 unspecified atom stereocenters. The maximum Gasteiger partial charge on any atom is 0.501 e. The van der Waals surface area contributed by atoms with Crippen molar-refractivity contribution in [3.05, 3.63) is 137 Å². The molecule has 13 nitrogen and oxygen atoms in total. The number of aliphatic hydroxyl groups excluding tert-OH is 1. The lowest BCUT2D eigenvalue weighted by Crippen LogP contribution is -2.46. The molecule has 2 saturated heterocycles. The number of anilines is 4. The van der Waals surface area contributed by atoms with E-state index in [0.29, 0.717) is 116 Å². The second kappa shape index (κ2) is 21.8. The Bertz CT molecular complexity index is 3130. The summed E-state index contributed by atoms with van der Waals surface area (Å²) in [5, 5.41) is 23.8. The van der Waals surface area contributed by atoms with E-state index in [1.807, 2.05) is 40.1 Å². The Morgan fingerprint density at radius 3 is 2.11 bits per heavy atom. The quantitative estimate of drug-likeness (QED) is 0.0506. The molecule has 0 bridgehead atoms. The van der Waals surface area contributed by atoms with Gasteiger partial charge in [0.15, 0.2) is 0 Å². The van der Waals surface area contributed by atoms with Crippen molar-refractivity contribution >= 4 is 71.9 Å². The van der Waals surface area contributed by atoms with E-state index in [1.54, 1.807) is 67.1 Å². The van der Waals surface area contributed by atoms with Crippen LogP contribution in [-0.4, -0.2) is 112 Å². The Hall–Kier alpha value is -5.77. The minimum absolute atomic E-state index is 0.0665. The Labute approximate surface area is 425 Å². The summed E-state index contributed by atoms with van der Waals surface area (Å²) in [7, 11) is -8.90. The molecule has 2 aliphatic rings. The molecule has 2 fully saturated rings. The van der Waals surface area contributed by atoms with Crippen LogP contribution in [0, 0.1) is 12.7 Å². The molecule has 0 amide bonds. The average molecular weight is 1070 g/mol. The van der Waals surface area contributed by atoms with Gasteiger partial charge in [0, 0.05) is 97.2 Å². The molecule has 21 heteroatoms. The first-order valence-corrected chi connectivity index (χ1v) is 27.4. The fraction of sp³-hybridized carbons (Fsp3) is 0.314. The lowest BCUT2D eigenvalue weighted by atomic mass is 9.96. The number of piperidine rings is 1. The second-order valence-corrected chi connectivity index (χ2v) is 22.9. The van der Waals surface area contributed by atoms with Gasteiger partial charge in [-0.25, -0.2) is 26.0 Å². The SMILES string of the molecule is Cc1c(C(=O)O)c(-c2ccc(F)c(N3CCN(c4ccc(NS(=O)(=O)c5ccc(N[C@H](CCN6CCC(O)CC6)CSc6ccccc6)c(S(=O)(=O)C(F)(F)F)c5)cc4)CC3)c2)c(-c2ccc(Cl)cc2)n1C. The highest BCUT2D eigenvalue weighted by molar-refractivity contribution is 7.99. The third-order valence-electron chi connectivity index (χ3n) is 13.1. The lowest BCUT2D eigenvalue weighted by Gasteiger charge is -2.37. The second-order valence-electron chi connectivity index (χ2n) is 17.8. The lowest BCUT2D eigenvalue weighted by molar-refractivity contribution is -0.0436. The van der Waals surface area contributed by atoms with Crippen LogP contribution in [0.15, 0.2) is 130 Å². The topological polar surface area (TPSA) is 165 Å². The van der Waals surface area contributed by atoms with Crippen molar-refractivity contribution in [1.82, 2.24) is 9.47 Å². The third kappa shape index (κ3) is 11.7. The van der Waals surface area contributed by atoms with Gasteiger partial charge in [0.2, 0.25) is 0 Å². The molecule has 0 radical (unpaired) electrons. The van der Waals surface area contributed by atoms with Gasteiger partial charge in [-0.2, -0.15) is 13.2 Å². The van der Waals surface area contributed by atoms with E-state index in [2.05, 4.69) is 14.9 Å². The van der Waals surface area contributed by atoms with E-state index in [4.69, 9.17) is 11.6 Å². The number of piperazine rings is 1. The summed E-state index contributed by atoms with van der Waals surface area (Å²) >= 11 is 7.60. The number of alkyl halides is 3. The molecular weight excluding hydrogens is 1020 g/mol. The zero-order valence-electron chi connectivity index (χ0n) is 39.2. The fourth-order valence-corrected chi connectivity index (χ4v) is 12.3. The molecular formula is C51H53ClF4N6O7S3. The number of aliphatic hydroxyl groups is 1. The highest BCUT2D eigenvalue weighted by atomic mass is 35.5. The standard InChI is InChI=1S/C51H53ClF4N6O7S3/c1-33-47(50(64)65)48(49(59(33)2)34-8-11-36(52)12-9-34)35-10-18-43(53)45(30-35)62-28-26-61(27-29-62)39-15-13-37(14-16-39)58-72(68,69)42-17-19-44(46(31-42)71(66,67)51(54,55)56)57-38(32-70-41-6-4-3-5-7-41)20-23-60-24-21-40(63)22-25-60/h3-19,30-31,38,40,57-58,63H,20-29,32H2,1-2H3,(H,64,65)/t38-/m1/s1. The van der Waals surface area contributed by atoms with Gasteiger partial charge in [-0.1, -0.05) is 48.0 Å². The van der Waals surface area contributed by atoms with E-state index < -0.39 is 59.1 Å². The Balaban J connectivity index is 0.970. The summed E-state index contributed by atoms with van der Waals surface area (Å²) in [6.45, 7) is 5.13. The van der Waals surface area contributed by atoms with Crippen LogP contribution in [-0.2, 0) is 26.9 Å². The van der Waals surface area contributed by atoms with E-state index in [9.17, 15) is 45.0 Å². The molecule has 2 aliphatic heterocycles. The predicted octanol–water partition coefficient (Wildman–Crippen LogP) is 10.00. The number of sulfonamides is 1. The van der Waals surface area contributed by atoms with Crippen molar-refractivity contribution in [2.24, 2.45) is 7.05 Å². The number of hydrogen-bond acceptors (Lipinski definition) is 11. The summed E-state index contributed by atoms with van der Waals surface area (Å²) in [6, 6.07) is 29.3. The van der Waals surface area contributed by atoms with Crippen LogP contribution in [0.5, 0.6) is 0 Å². The summed E-state index contributed by atoms with van der Waals surface area (Å²) in [4.78, 5) is 17.6. The molecule has 0 saturated carbocycles. The van der Waals surface area contributed by atoms with Crippen LogP contribution in [0.1, 0.15) is 35.3 Å². The number of hydrogen-bond donors (Lipinski definition) is 4. The average Bonchev–Trinajstić information content (AvgIpc) is 3.62. The van der Waals surface area contributed by atoms with Crippen LogP contribution in [0.3, 0.4) is 0 Å². The van der Waals surface area contributed by atoms with Gasteiger partial charge in [-0.3, -0.25) is 4.72 Å². The molecule has 3 heterocycles. The van der Waals surface area contributed by atoms with Gasteiger partial charge in [0.1, 0.15) is 10.7 Å². The number of sulfone groups is 1. The summed E-state index contributed by atoms with van der Waals surface area (Å²) < 4.78 is 116. The van der Waals surface area contributed by atoms with E-state index in [1.165, 1.54) is 30.0 Å². The molecule has 0 aliphatic carbocycles. The van der Waals surface area contributed by atoms with Gasteiger partial charge in [0.05, 0.1) is 33.6 Å². The molecule has 0 spiro atoms. The number of carboxylic acids is 1. The van der Waals surface area contributed by atoms with Gasteiger partial charge >= 0.3 is 11.5 Å². The number of benzene rings is 5. The summed E-state index contributed by atoms with van der Waals surface area (Å²) in [5.41, 5.74) is -2.10. The number of halogens is 5. The predicted molar refractivity (Wildman–Crippen MR) is 275 cm³/mol. The molecule has 8 rings (SSSR count). The smallest absolute Gasteiger partial charge is 0.478 e. The van der Waals surface area contributed by atoms with Crippen molar-refractivity contribution in [3.63, 3.8) is 0 Å². The van der Waals surface area contributed by atoms with Crippen molar-refractivity contribution < 1.29 is 49.4 Å². The molecule has 1 atom stereocenters. The number of thioether (sulfide) groups is 1. The highest BCUT2D eigenvalue weighted by Crippen LogP contribution is 2.42. The molecule has 5 aromatic carbocycles. The van der Waals surface area contributed by atoms with Crippen molar-refractivity contribution in [1.29, 1.82) is 0 Å². The number of aromatic carboxylic acids is 1. The fourth-order valence-electron chi connectivity index (χ4n) is 9.11. The molecule has 1 aromatic heterocycles. The Morgan fingerprint density at radius 1 is 0.833 bits per heavy atom. The van der Waals surface area contributed by atoms with Gasteiger partial charge in [0.25, 0.3) is 19.9 Å². The zero-order chi connectivity index (χ0) is 51.5. The number of carboxylic acid groups (broad SMARTS) is 1. The molecule has 72 heavy (non-hydrogen) atoms. The largest absolute Gasteiger partial charge is 0.501 e. The maximum absolute atomic E-state index is 15.6. The Morgan fingerprint density at radius 2 is 1.47 bits per heavy atom. The first-order valence-electron chi connectivity index (χ1n) is 23.1. The molecule has 4 N–H and O–H groups in total. The zero-order valence-corrected chi connectivity index (χ0v) is 42.4. The number of carbonyl (C=O) groups is 1. The van der Waals surface area contributed by atoms with Crippen LogP contribution < -0.4 is 19.8 Å². The molecule has 6 aromatic rings. The molecule has 382 valence electrons. The number of aromatic nitrogens is 1. The number of nitrogens with one attached hydrogen (secondary N) is 2. The van der Waals surface area contributed by atoms with Crippen molar-refractivity contribution in [2.45, 2.75) is 58.5 Å². The highest BCUT2D eigenvalue weighted by Gasteiger charge is 2.48. The van der Waals surface area contributed by atoms with E-state index in [-0.39, 0.29) is 16.9 Å². The van der Waals surface area contributed by atoms with E-state index >= 15 is 4.39 Å². The third-order valence-corrected chi connectivity index (χ3v) is 17.5. The van der Waals surface area contributed by atoms with Crippen molar-refractivity contribution in [2.75, 3.05) is 71.4 Å². The Kier molecular flexibility index (Phi) is 15.9. The number of likely N-dealkylation sites (tertiary alicyclic amines) is 1. The number of rotatable bonds is 17.